The van der Waals surface area contributed by atoms with Gasteiger partial charge in [-0.05, 0) is 79.3 Å². The summed E-state index contributed by atoms with van der Waals surface area (Å²) in [5.41, 5.74) is 1.52. The summed E-state index contributed by atoms with van der Waals surface area (Å²) in [6.45, 7) is -1.48. The van der Waals surface area contributed by atoms with Crippen LogP contribution in [0.1, 0.15) is 47.2 Å². The molecule has 2 amide bonds. The molecule has 284 valence electrons. The monoisotopic (exact) mass is 769 g/mol. The van der Waals surface area contributed by atoms with Crippen molar-refractivity contribution in [1.29, 1.82) is 0 Å². The van der Waals surface area contributed by atoms with E-state index in [1.165, 1.54) is 31.4 Å². The topological polar surface area (TPSA) is 194 Å². The van der Waals surface area contributed by atoms with Crippen molar-refractivity contribution in [2.24, 2.45) is 0 Å². The van der Waals surface area contributed by atoms with E-state index in [0.29, 0.717) is 35.7 Å². The first-order valence-electron chi connectivity index (χ1n) is 16.6. The van der Waals surface area contributed by atoms with Crippen molar-refractivity contribution in [3.63, 3.8) is 0 Å². The van der Waals surface area contributed by atoms with E-state index >= 15 is 0 Å². The lowest BCUT2D eigenvalue weighted by Crippen LogP contribution is -2.42. The number of aromatic nitrogens is 3. The number of hydrogen-bond acceptors (Lipinski definition) is 11. The number of para-hydroxylation sites is 1. The van der Waals surface area contributed by atoms with Gasteiger partial charge >= 0.3 is 18.2 Å². The van der Waals surface area contributed by atoms with Crippen molar-refractivity contribution in [1.82, 2.24) is 25.6 Å². The maximum absolute atomic E-state index is 12.9. The molecule has 5 rings (SSSR count). The number of ether oxygens (including phenoxy) is 2. The first-order valence-corrected chi connectivity index (χ1v) is 16.9. The third-order valence-electron chi connectivity index (χ3n) is 8.27. The predicted octanol–water partition coefficient (Wildman–Crippen LogP) is 5.21. The maximum atomic E-state index is 12.9. The Morgan fingerprint density at radius 3 is 2.28 bits per heavy atom. The minimum absolute atomic E-state index is 0.0448. The molecule has 0 spiro atoms. The van der Waals surface area contributed by atoms with Crippen LogP contribution in [0.25, 0.3) is 0 Å². The Labute approximate surface area is 311 Å². The predicted molar refractivity (Wildman–Crippen MR) is 190 cm³/mol. The molecule has 0 unspecified atom stereocenters. The van der Waals surface area contributed by atoms with Crippen LogP contribution in [0.5, 0.6) is 11.8 Å². The molecule has 1 aliphatic rings. The number of carboxylic acids is 1. The summed E-state index contributed by atoms with van der Waals surface area (Å²) in [7, 11) is 1.52. The Bertz CT molecular complexity index is 1980. The zero-order chi connectivity index (χ0) is 38.9. The lowest BCUT2D eigenvalue weighted by molar-refractivity contribution is -0.154. The summed E-state index contributed by atoms with van der Waals surface area (Å²) >= 11 is 6.02. The number of carbonyl (C=O) groups excluding carboxylic acids is 3. The van der Waals surface area contributed by atoms with Gasteiger partial charge in [-0.3, -0.25) is 14.4 Å². The molecule has 1 aliphatic carbocycles. The molecule has 0 aliphatic heterocycles. The Morgan fingerprint density at radius 1 is 0.944 bits per heavy atom. The highest BCUT2D eigenvalue weighted by Gasteiger charge is 2.45. The second kappa shape index (κ2) is 17.2. The minimum Gasteiger partial charge on any atom is -0.496 e. The van der Waals surface area contributed by atoms with Crippen molar-refractivity contribution in [2.45, 2.75) is 49.9 Å². The highest BCUT2D eigenvalue weighted by atomic mass is 35.5. The van der Waals surface area contributed by atoms with E-state index in [1.54, 1.807) is 24.3 Å². The number of rotatable bonds is 18. The molecule has 14 nitrogen and oxygen atoms in total. The van der Waals surface area contributed by atoms with Crippen LogP contribution >= 0.6 is 11.6 Å². The summed E-state index contributed by atoms with van der Waals surface area (Å²) in [6.07, 6.45) is -3.61. The highest BCUT2D eigenvalue weighted by molar-refractivity contribution is 6.36. The molecule has 1 aromatic heterocycles. The van der Waals surface area contributed by atoms with Gasteiger partial charge in [-0.2, -0.15) is 28.1 Å². The molecule has 0 bridgehead atoms. The van der Waals surface area contributed by atoms with E-state index in [-0.39, 0.29) is 30.4 Å². The zero-order valence-electron chi connectivity index (χ0n) is 28.7. The normalized spacial score (nSPS) is 13.6. The number of nitrogens with one attached hydrogen (secondary N) is 4. The Balaban J connectivity index is 1.18. The van der Waals surface area contributed by atoms with Crippen LogP contribution in [-0.4, -0.2) is 76.1 Å². The molecule has 1 saturated carbocycles. The number of alkyl halides is 3. The maximum Gasteiger partial charge on any atom is 0.422 e. The van der Waals surface area contributed by atoms with Crippen LogP contribution < -0.4 is 30.7 Å². The van der Waals surface area contributed by atoms with Gasteiger partial charge in [0.05, 0.1) is 12.6 Å². The quantitative estimate of drug-likeness (QED) is 0.0831. The van der Waals surface area contributed by atoms with Gasteiger partial charge in [0.2, 0.25) is 17.7 Å². The molecule has 18 heteroatoms. The number of halogens is 4. The van der Waals surface area contributed by atoms with Gasteiger partial charge in [-0.15, -0.1) is 0 Å². The highest BCUT2D eigenvalue weighted by Crippen LogP contribution is 2.48. The average Bonchev–Trinajstić information content (AvgIpc) is 3.92. The largest absolute Gasteiger partial charge is 0.496 e. The Morgan fingerprint density at radius 2 is 1.63 bits per heavy atom. The van der Waals surface area contributed by atoms with Crippen LogP contribution in [0, 0.1) is 0 Å². The van der Waals surface area contributed by atoms with Crippen LogP contribution in [-0.2, 0) is 26.3 Å². The van der Waals surface area contributed by atoms with Gasteiger partial charge < -0.3 is 35.8 Å². The van der Waals surface area contributed by atoms with E-state index in [0.717, 1.165) is 11.1 Å². The van der Waals surface area contributed by atoms with E-state index in [2.05, 4.69) is 36.2 Å². The number of anilines is 3. The first-order chi connectivity index (χ1) is 25.7. The van der Waals surface area contributed by atoms with Gasteiger partial charge in [0.15, 0.2) is 6.61 Å². The summed E-state index contributed by atoms with van der Waals surface area (Å²) in [5.74, 6) is -3.46. The van der Waals surface area contributed by atoms with Gasteiger partial charge in [0.1, 0.15) is 11.8 Å². The van der Waals surface area contributed by atoms with Crippen molar-refractivity contribution in [3.8, 4) is 11.8 Å². The van der Waals surface area contributed by atoms with Crippen molar-refractivity contribution >= 4 is 52.8 Å². The lowest BCUT2D eigenvalue weighted by atomic mass is 10.1. The van der Waals surface area contributed by atoms with E-state index in [4.69, 9.17) is 21.1 Å². The number of methoxy groups -OCH3 is 1. The van der Waals surface area contributed by atoms with Crippen molar-refractivity contribution < 1.29 is 46.9 Å². The van der Waals surface area contributed by atoms with E-state index in [9.17, 15) is 37.5 Å². The zero-order valence-corrected chi connectivity index (χ0v) is 29.5. The molecule has 3 aromatic carbocycles. The SMILES string of the molecule is COc1ccccc1CCNC(=O)C(=O)CC[C@H](NC(=O)c1ccc(Nc2nc(NC3(c4ccc(Cl)cc4)CC3)nc(OCC(F)(F)F)n2)cc1)C(=O)O. The molecule has 1 heterocycles. The molecular formula is C36H35ClF3N7O7. The van der Waals surface area contributed by atoms with Gasteiger partial charge in [0, 0.05) is 29.2 Å². The molecule has 54 heavy (non-hydrogen) atoms. The third kappa shape index (κ3) is 11.0. The van der Waals surface area contributed by atoms with E-state index < -0.39 is 60.4 Å². The standard InChI is InChI=1S/C36H35ClF3N7O7/c1-53-28-5-3-2-4-21(28)16-19-41-30(50)27(48)15-14-26(31(51)52)43-29(49)22-6-12-25(13-7-22)42-32-44-33(46-34(45-32)54-20-36(38,39)40)47-35(17-18-35)23-8-10-24(37)11-9-23/h2-13,26H,14-20H2,1H3,(H,41,50)(H,43,49)(H,51,52)(H2,42,44,45,46,47)/t26-/m0/s1. The van der Waals surface area contributed by atoms with Crippen LogP contribution in [0.3, 0.4) is 0 Å². The van der Waals surface area contributed by atoms with E-state index in [1.807, 2.05) is 24.3 Å². The van der Waals surface area contributed by atoms with Crippen LogP contribution in [0.15, 0.2) is 72.8 Å². The number of amides is 2. The van der Waals surface area contributed by atoms with Crippen molar-refractivity contribution in [3.05, 3.63) is 94.5 Å². The van der Waals surface area contributed by atoms with Crippen LogP contribution in [0.2, 0.25) is 5.02 Å². The van der Waals surface area contributed by atoms with Gasteiger partial charge in [-0.1, -0.05) is 41.9 Å². The fraction of sp³-hybridized carbons (Fsp3) is 0.306. The Hall–Kier alpha value is -5.97. The number of aliphatic carboxylic acids is 1. The lowest BCUT2D eigenvalue weighted by Gasteiger charge is -2.19. The molecule has 1 fully saturated rings. The fourth-order valence-corrected chi connectivity index (χ4v) is 5.44. The molecular weight excluding hydrogens is 735 g/mol. The summed E-state index contributed by atoms with van der Waals surface area (Å²) < 4.78 is 48.9. The number of benzene rings is 3. The average molecular weight is 770 g/mol. The van der Waals surface area contributed by atoms with Crippen LogP contribution in [0.4, 0.5) is 30.8 Å². The molecule has 0 radical (unpaired) electrons. The number of ketones is 1. The second-order valence-electron chi connectivity index (χ2n) is 12.2. The fourth-order valence-electron chi connectivity index (χ4n) is 5.31. The smallest absolute Gasteiger partial charge is 0.422 e. The number of Topliss-reactive ketones (excluding diaryl/α,β-unsaturated/α-hetero) is 1. The van der Waals surface area contributed by atoms with Crippen molar-refractivity contribution in [2.75, 3.05) is 30.9 Å². The number of carboxylic acid groups (broad SMARTS) is 1. The summed E-state index contributed by atoms with van der Waals surface area (Å²) in [5, 5.41) is 21.1. The number of nitrogens with zero attached hydrogens (tertiary/aromatic N) is 3. The molecule has 1 atom stereocenters. The number of hydrogen-bond donors (Lipinski definition) is 5. The number of carbonyl (C=O) groups is 4. The molecule has 0 saturated heterocycles. The molecule has 5 N–H and O–H groups in total. The summed E-state index contributed by atoms with van der Waals surface area (Å²) in [6, 6.07) is 17.8. The second-order valence-corrected chi connectivity index (χ2v) is 12.7. The van der Waals surface area contributed by atoms with Gasteiger partial charge in [0.25, 0.3) is 11.8 Å². The Kier molecular flexibility index (Phi) is 12.5. The summed E-state index contributed by atoms with van der Waals surface area (Å²) in [4.78, 5) is 61.8. The first kappa shape index (κ1) is 39.2. The molecule has 4 aromatic rings. The minimum atomic E-state index is -4.65. The third-order valence-corrected chi connectivity index (χ3v) is 8.52. The van der Waals surface area contributed by atoms with Gasteiger partial charge in [-0.25, -0.2) is 4.79 Å².